The summed E-state index contributed by atoms with van der Waals surface area (Å²) in [5.41, 5.74) is 2.46. The van der Waals surface area contributed by atoms with Gasteiger partial charge in [-0.05, 0) is 27.8 Å². The maximum atomic E-state index is 5.54. The van der Waals surface area contributed by atoms with E-state index in [9.17, 15) is 0 Å². The molecule has 0 bridgehead atoms. The van der Waals surface area contributed by atoms with Gasteiger partial charge < -0.3 is 14.5 Å². The van der Waals surface area contributed by atoms with Crippen LogP contribution in [0, 0.1) is 0 Å². The van der Waals surface area contributed by atoms with Crippen molar-refractivity contribution in [1.82, 2.24) is 19.9 Å². The highest BCUT2D eigenvalue weighted by molar-refractivity contribution is 5.38. The van der Waals surface area contributed by atoms with E-state index in [1.165, 1.54) is 0 Å². The maximum absolute atomic E-state index is 5.54. The summed E-state index contributed by atoms with van der Waals surface area (Å²) < 4.78 is 5.54. The van der Waals surface area contributed by atoms with E-state index >= 15 is 0 Å². The van der Waals surface area contributed by atoms with E-state index in [2.05, 4.69) is 44.1 Å². The number of hydrogen-bond donors (Lipinski definition) is 2. The second-order valence-electron chi connectivity index (χ2n) is 5.33. The van der Waals surface area contributed by atoms with Gasteiger partial charge in [0.1, 0.15) is 0 Å². The number of nitrogens with two attached hydrogens (primary N) is 1. The number of hydrogen-bond acceptors (Lipinski definition) is 8. The minimum absolute atomic E-state index is 0.00212. The van der Waals surface area contributed by atoms with E-state index in [0.29, 0.717) is 23.9 Å². The molecule has 1 aliphatic rings. The van der Waals surface area contributed by atoms with Crippen molar-refractivity contribution < 1.29 is 4.74 Å². The van der Waals surface area contributed by atoms with Crippen molar-refractivity contribution in [1.29, 1.82) is 0 Å². The molecule has 0 aliphatic carbocycles. The highest BCUT2D eigenvalue weighted by Gasteiger charge is 2.23. The third-order valence-corrected chi connectivity index (χ3v) is 3.32. The Hall–Kier alpha value is -1.67. The smallest absolute Gasteiger partial charge is 0.323 e. The third kappa shape index (κ3) is 3.45. The van der Waals surface area contributed by atoms with Crippen LogP contribution in [0.5, 0.6) is 6.01 Å². The number of aromatic nitrogens is 3. The monoisotopic (exact) mass is 281 g/mol. The summed E-state index contributed by atoms with van der Waals surface area (Å²) in [6.45, 7) is 8.75. The highest BCUT2D eigenvalue weighted by atomic mass is 16.5. The van der Waals surface area contributed by atoms with Crippen LogP contribution < -0.4 is 20.9 Å². The first kappa shape index (κ1) is 14.7. The fraction of sp³-hybridized carbons (Fsp3) is 0.750. The summed E-state index contributed by atoms with van der Waals surface area (Å²) in [6, 6.07) is 0.744. The molecule has 1 fully saturated rings. The van der Waals surface area contributed by atoms with E-state index in [-0.39, 0.29) is 6.10 Å². The molecular formula is C12H23N7O. The van der Waals surface area contributed by atoms with Gasteiger partial charge in [-0.3, -0.25) is 5.43 Å². The second-order valence-corrected chi connectivity index (χ2v) is 5.33. The van der Waals surface area contributed by atoms with E-state index in [4.69, 9.17) is 10.6 Å². The zero-order chi connectivity index (χ0) is 14.7. The fourth-order valence-corrected chi connectivity index (χ4v) is 2.05. The molecule has 1 unspecified atom stereocenters. The van der Waals surface area contributed by atoms with Crippen molar-refractivity contribution in [2.24, 2.45) is 5.84 Å². The first-order valence-corrected chi connectivity index (χ1v) is 6.84. The van der Waals surface area contributed by atoms with Crippen molar-refractivity contribution in [2.45, 2.75) is 32.9 Å². The molecule has 1 atom stereocenters. The number of piperazine rings is 1. The van der Waals surface area contributed by atoms with Crippen LogP contribution in [0.4, 0.5) is 11.9 Å². The van der Waals surface area contributed by atoms with Gasteiger partial charge in [-0.25, -0.2) is 5.84 Å². The predicted molar refractivity (Wildman–Crippen MR) is 77.7 cm³/mol. The number of nitrogens with one attached hydrogen (secondary N) is 1. The van der Waals surface area contributed by atoms with Crippen LogP contribution >= 0.6 is 0 Å². The fourth-order valence-electron chi connectivity index (χ4n) is 2.05. The molecule has 0 spiro atoms. The van der Waals surface area contributed by atoms with Gasteiger partial charge in [0.15, 0.2) is 0 Å². The lowest BCUT2D eigenvalue weighted by Gasteiger charge is -2.37. The number of likely N-dealkylation sites (N-methyl/N-ethyl adjacent to an activating group) is 1. The Labute approximate surface area is 119 Å². The Morgan fingerprint density at radius 2 is 2.05 bits per heavy atom. The van der Waals surface area contributed by atoms with Gasteiger partial charge in [-0.1, -0.05) is 0 Å². The SMILES string of the molecule is CC(C)Oc1nc(NN)nc(N2CCN(C)C(C)C2)n1. The Kier molecular flexibility index (Phi) is 4.56. The van der Waals surface area contributed by atoms with Gasteiger partial charge in [0, 0.05) is 25.7 Å². The summed E-state index contributed by atoms with van der Waals surface area (Å²) in [7, 11) is 2.12. The quantitative estimate of drug-likeness (QED) is 0.592. The topological polar surface area (TPSA) is 92.4 Å². The second kappa shape index (κ2) is 6.19. The summed E-state index contributed by atoms with van der Waals surface area (Å²) >= 11 is 0. The lowest BCUT2D eigenvalue weighted by Crippen LogP contribution is -2.50. The summed E-state index contributed by atoms with van der Waals surface area (Å²) in [6.07, 6.45) is 0.00212. The molecule has 1 saturated heterocycles. The minimum atomic E-state index is 0.00212. The highest BCUT2D eigenvalue weighted by Crippen LogP contribution is 2.18. The predicted octanol–water partition coefficient (Wildman–Crippen LogP) is 0.0847. The molecule has 2 rings (SSSR count). The Morgan fingerprint density at radius 1 is 1.30 bits per heavy atom. The van der Waals surface area contributed by atoms with E-state index < -0.39 is 0 Å². The van der Waals surface area contributed by atoms with E-state index in [1.807, 2.05) is 13.8 Å². The molecule has 3 N–H and O–H groups in total. The van der Waals surface area contributed by atoms with Crippen LogP contribution in [0.25, 0.3) is 0 Å². The van der Waals surface area contributed by atoms with E-state index in [1.54, 1.807) is 0 Å². The molecule has 2 heterocycles. The lowest BCUT2D eigenvalue weighted by molar-refractivity contribution is 0.219. The average Bonchev–Trinajstić information content (AvgIpc) is 2.40. The van der Waals surface area contributed by atoms with Crippen molar-refractivity contribution in [2.75, 3.05) is 37.0 Å². The molecule has 20 heavy (non-hydrogen) atoms. The van der Waals surface area contributed by atoms with Gasteiger partial charge >= 0.3 is 6.01 Å². The molecule has 8 heteroatoms. The van der Waals surface area contributed by atoms with Crippen LogP contribution in [0.2, 0.25) is 0 Å². The van der Waals surface area contributed by atoms with Crippen molar-refractivity contribution >= 4 is 11.9 Å². The van der Waals surface area contributed by atoms with Crippen LogP contribution in [-0.2, 0) is 0 Å². The van der Waals surface area contributed by atoms with Crippen molar-refractivity contribution in [3.8, 4) is 6.01 Å². The van der Waals surface area contributed by atoms with Crippen LogP contribution in [-0.4, -0.2) is 58.7 Å². The van der Waals surface area contributed by atoms with E-state index in [0.717, 1.165) is 19.6 Å². The molecule has 0 aromatic carbocycles. The number of rotatable bonds is 4. The average molecular weight is 281 g/mol. The molecule has 112 valence electrons. The third-order valence-electron chi connectivity index (χ3n) is 3.32. The van der Waals surface area contributed by atoms with Crippen LogP contribution in [0.1, 0.15) is 20.8 Å². The standard InChI is InChI=1S/C12H23N7O/c1-8(2)20-12-15-10(17-13)14-11(16-12)19-6-5-18(4)9(3)7-19/h8-9H,5-7,13H2,1-4H3,(H,14,15,16,17). The molecule has 1 aromatic rings. The van der Waals surface area contributed by atoms with Gasteiger partial charge in [-0.2, -0.15) is 15.0 Å². The summed E-state index contributed by atoms with van der Waals surface area (Å²) in [4.78, 5) is 17.2. The Balaban J connectivity index is 2.21. The number of nitrogens with zero attached hydrogens (tertiary/aromatic N) is 5. The molecular weight excluding hydrogens is 258 g/mol. The lowest BCUT2D eigenvalue weighted by atomic mass is 10.2. The molecule has 1 aliphatic heterocycles. The molecule has 1 aromatic heterocycles. The minimum Gasteiger partial charge on any atom is -0.461 e. The summed E-state index contributed by atoms with van der Waals surface area (Å²) in [5, 5.41) is 0. The number of nitrogen functional groups attached to an aromatic ring is 1. The summed E-state index contributed by atoms with van der Waals surface area (Å²) in [5.74, 6) is 6.33. The zero-order valence-electron chi connectivity index (χ0n) is 12.5. The Bertz CT molecular complexity index is 453. The largest absolute Gasteiger partial charge is 0.461 e. The molecule has 0 amide bonds. The molecule has 0 saturated carbocycles. The first-order chi connectivity index (χ1) is 9.49. The Morgan fingerprint density at radius 3 is 2.65 bits per heavy atom. The first-order valence-electron chi connectivity index (χ1n) is 6.84. The van der Waals surface area contributed by atoms with Crippen molar-refractivity contribution in [3.05, 3.63) is 0 Å². The van der Waals surface area contributed by atoms with Gasteiger partial charge in [0.05, 0.1) is 6.10 Å². The number of ether oxygens (including phenoxy) is 1. The van der Waals surface area contributed by atoms with Gasteiger partial charge in [0.2, 0.25) is 11.9 Å². The van der Waals surface area contributed by atoms with Gasteiger partial charge in [-0.15, -0.1) is 0 Å². The van der Waals surface area contributed by atoms with Crippen LogP contribution in [0.3, 0.4) is 0 Å². The van der Waals surface area contributed by atoms with Gasteiger partial charge in [0.25, 0.3) is 0 Å². The normalized spacial score (nSPS) is 20.3. The number of hydrazine groups is 1. The zero-order valence-corrected chi connectivity index (χ0v) is 12.5. The molecule has 8 nitrogen and oxygen atoms in total. The maximum Gasteiger partial charge on any atom is 0.323 e. The molecule has 0 radical (unpaired) electrons. The van der Waals surface area contributed by atoms with Crippen molar-refractivity contribution in [3.63, 3.8) is 0 Å². The number of anilines is 2. The van der Waals surface area contributed by atoms with Crippen LogP contribution in [0.15, 0.2) is 0 Å².